The molecular formula is C13H17N3OS. The first-order valence-corrected chi connectivity index (χ1v) is 6.69. The fourth-order valence-electron chi connectivity index (χ4n) is 1.61. The molecule has 0 aliphatic heterocycles. The minimum atomic E-state index is 0.439. The summed E-state index contributed by atoms with van der Waals surface area (Å²) >= 11 is 1.34. The van der Waals surface area contributed by atoms with Crippen LogP contribution in [-0.2, 0) is 6.61 Å². The lowest BCUT2D eigenvalue weighted by molar-refractivity contribution is 0.301. The lowest BCUT2D eigenvalue weighted by atomic mass is 10.0. The summed E-state index contributed by atoms with van der Waals surface area (Å²) in [5.41, 5.74) is 2.12. The van der Waals surface area contributed by atoms with Gasteiger partial charge in [-0.25, -0.2) is 0 Å². The Kier molecular flexibility index (Phi) is 4.15. The van der Waals surface area contributed by atoms with Crippen molar-refractivity contribution in [1.82, 2.24) is 9.59 Å². The summed E-state index contributed by atoms with van der Waals surface area (Å²) in [6.45, 7) is 4.78. The molecule has 1 heterocycles. The number of aromatic nitrogens is 2. The van der Waals surface area contributed by atoms with Gasteiger partial charge in [-0.3, -0.25) is 0 Å². The SMILES string of the molecule is CNc1snnc1COc1cccc(C(C)C)c1. The Labute approximate surface area is 111 Å². The largest absolute Gasteiger partial charge is 0.487 e. The number of hydrogen-bond acceptors (Lipinski definition) is 5. The van der Waals surface area contributed by atoms with E-state index in [9.17, 15) is 0 Å². The zero-order chi connectivity index (χ0) is 13.0. The first kappa shape index (κ1) is 12.8. The molecule has 0 spiro atoms. The molecule has 96 valence electrons. The van der Waals surface area contributed by atoms with E-state index in [1.165, 1.54) is 17.1 Å². The number of nitrogens with zero attached hydrogens (tertiary/aromatic N) is 2. The van der Waals surface area contributed by atoms with Gasteiger partial charge in [-0.2, -0.15) is 0 Å². The van der Waals surface area contributed by atoms with Gasteiger partial charge in [-0.05, 0) is 23.6 Å². The van der Waals surface area contributed by atoms with Crippen molar-refractivity contribution in [2.24, 2.45) is 0 Å². The van der Waals surface area contributed by atoms with Crippen LogP contribution in [0, 0.1) is 0 Å². The molecule has 1 N–H and O–H groups in total. The summed E-state index contributed by atoms with van der Waals surface area (Å²) in [4.78, 5) is 0. The molecule has 0 radical (unpaired) electrons. The fourth-order valence-corrected chi connectivity index (χ4v) is 2.13. The predicted molar refractivity (Wildman–Crippen MR) is 74.3 cm³/mol. The summed E-state index contributed by atoms with van der Waals surface area (Å²) in [6.07, 6.45) is 0. The van der Waals surface area contributed by atoms with Crippen molar-refractivity contribution in [3.8, 4) is 5.75 Å². The van der Waals surface area contributed by atoms with Gasteiger partial charge in [-0.15, -0.1) is 5.10 Å². The van der Waals surface area contributed by atoms with E-state index in [0.29, 0.717) is 12.5 Å². The van der Waals surface area contributed by atoms with Gasteiger partial charge >= 0.3 is 0 Å². The van der Waals surface area contributed by atoms with Crippen molar-refractivity contribution < 1.29 is 4.74 Å². The van der Waals surface area contributed by atoms with Gasteiger partial charge in [0.15, 0.2) is 0 Å². The van der Waals surface area contributed by atoms with Gasteiger partial charge < -0.3 is 10.1 Å². The van der Waals surface area contributed by atoms with Crippen LogP contribution in [0.1, 0.15) is 31.0 Å². The molecule has 0 atom stereocenters. The van der Waals surface area contributed by atoms with Crippen LogP contribution in [0.2, 0.25) is 0 Å². The van der Waals surface area contributed by atoms with Crippen LogP contribution >= 0.6 is 11.5 Å². The molecule has 0 saturated carbocycles. The van der Waals surface area contributed by atoms with E-state index in [-0.39, 0.29) is 0 Å². The number of anilines is 1. The van der Waals surface area contributed by atoms with Gasteiger partial charge in [0.05, 0.1) is 0 Å². The third-order valence-electron chi connectivity index (χ3n) is 2.68. The second-order valence-corrected chi connectivity index (χ2v) is 5.07. The van der Waals surface area contributed by atoms with Gasteiger partial charge in [0.25, 0.3) is 0 Å². The van der Waals surface area contributed by atoms with Crippen LogP contribution < -0.4 is 10.1 Å². The molecule has 18 heavy (non-hydrogen) atoms. The summed E-state index contributed by atoms with van der Waals surface area (Å²) in [7, 11) is 1.86. The lowest BCUT2D eigenvalue weighted by Crippen LogP contribution is -2.00. The second-order valence-electron chi connectivity index (χ2n) is 4.31. The van der Waals surface area contributed by atoms with Gasteiger partial charge in [0.1, 0.15) is 23.1 Å². The zero-order valence-electron chi connectivity index (χ0n) is 10.8. The predicted octanol–water partition coefficient (Wildman–Crippen LogP) is 3.28. The average Bonchev–Trinajstić information content (AvgIpc) is 2.84. The molecule has 0 bridgehead atoms. The van der Waals surface area contributed by atoms with Crippen LogP contribution in [0.3, 0.4) is 0 Å². The monoisotopic (exact) mass is 263 g/mol. The van der Waals surface area contributed by atoms with Crippen molar-refractivity contribution in [2.45, 2.75) is 26.4 Å². The van der Waals surface area contributed by atoms with E-state index in [1.54, 1.807) is 0 Å². The highest BCUT2D eigenvalue weighted by Crippen LogP contribution is 2.22. The zero-order valence-corrected chi connectivity index (χ0v) is 11.6. The Hall–Kier alpha value is -1.62. The second kappa shape index (κ2) is 5.82. The van der Waals surface area contributed by atoms with E-state index in [4.69, 9.17) is 4.74 Å². The lowest BCUT2D eigenvalue weighted by Gasteiger charge is -2.09. The topological polar surface area (TPSA) is 47.0 Å². The number of ether oxygens (including phenoxy) is 1. The molecule has 0 saturated heterocycles. The summed E-state index contributed by atoms with van der Waals surface area (Å²) < 4.78 is 9.65. The maximum atomic E-state index is 5.75. The number of benzene rings is 1. The van der Waals surface area contributed by atoms with Gasteiger partial charge in [0.2, 0.25) is 0 Å². The molecule has 0 aliphatic rings. The van der Waals surface area contributed by atoms with Gasteiger partial charge in [0, 0.05) is 18.6 Å². The third kappa shape index (κ3) is 2.98. The highest BCUT2D eigenvalue weighted by Gasteiger charge is 2.07. The molecule has 0 aliphatic carbocycles. The van der Waals surface area contributed by atoms with E-state index < -0.39 is 0 Å². The molecule has 2 rings (SSSR count). The fraction of sp³-hybridized carbons (Fsp3) is 0.385. The molecule has 4 nitrogen and oxygen atoms in total. The standard InChI is InChI=1S/C13H17N3OS/c1-9(2)10-5-4-6-11(7-10)17-8-12-13(14-3)18-16-15-12/h4-7,9,14H,8H2,1-3H3. The van der Waals surface area contributed by atoms with E-state index in [0.717, 1.165) is 16.4 Å². The van der Waals surface area contributed by atoms with Crippen molar-refractivity contribution in [3.05, 3.63) is 35.5 Å². The Bertz CT molecular complexity index is 510. The normalized spacial score (nSPS) is 10.7. The maximum absolute atomic E-state index is 5.75. The third-order valence-corrected chi connectivity index (χ3v) is 3.47. The number of hydrogen-bond donors (Lipinski definition) is 1. The van der Waals surface area contributed by atoms with E-state index in [1.807, 2.05) is 19.2 Å². The minimum absolute atomic E-state index is 0.439. The Morgan fingerprint density at radius 1 is 1.39 bits per heavy atom. The quantitative estimate of drug-likeness (QED) is 0.899. The molecule has 1 aromatic carbocycles. The van der Waals surface area contributed by atoms with Crippen molar-refractivity contribution >= 4 is 16.5 Å². The Morgan fingerprint density at radius 2 is 2.22 bits per heavy atom. The average molecular weight is 263 g/mol. The minimum Gasteiger partial charge on any atom is -0.487 e. The maximum Gasteiger partial charge on any atom is 0.136 e. The molecular weight excluding hydrogens is 246 g/mol. The Balaban J connectivity index is 2.04. The molecule has 0 unspecified atom stereocenters. The summed E-state index contributed by atoms with van der Waals surface area (Å²) in [6, 6.07) is 8.16. The smallest absolute Gasteiger partial charge is 0.136 e. The first-order chi connectivity index (χ1) is 8.70. The van der Waals surface area contributed by atoms with Crippen molar-refractivity contribution in [2.75, 3.05) is 12.4 Å². The Morgan fingerprint density at radius 3 is 2.94 bits per heavy atom. The summed E-state index contributed by atoms with van der Waals surface area (Å²) in [5.74, 6) is 1.37. The molecule has 2 aromatic rings. The molecule has 0 amide bonds. The molecule has 0 fully saturated rings. The van der Waals surface area contributed by atoms with Gasteiger partial charge in [-0.1, -0.05) is 30.5 Å². The van der Waals surface area contributed by atoms with E-state index in [2.05, 4.69) is 40.9 Å². The number of nitrogens with one attached hydrogen (secondary N) is 1. The molecule has 5 heteroatoms. The highest BCUT2D eigenvalue weighted by molar-refractivity contribution is 7.10. The van der Waals surface area contributed by atoms with Crippen LogP contribution in [0.25, 0.3) is 0 Å². The van der Waals surface area contributed by atoms with Crippen molar-refractivity contribution in [1.29, 1.82) is 0 Å². The molecule has 1 aromatic heterocycles. The number of rotatable bonds is 5. The van der Waals surface area contributed by atoms with Crippen LogP contribution in [-0.4, -0.2) is 16.6 Å². The van der Waals surface area contributed by atoms with E-state index >= 15 is 0 Å². The first-order valence-electron chi connectivity index (χ1n) is 5.92. The summed E-state index contributed by atoms with van der Waals surface area (Å²) in [5, 5.41) is 8.05. The van der Waals surface area contributed by atoms with Crippen LogP contribution in [0.4, 0.5) is 5.00 Å². The van der Waals surface area contributed by atoms with Crippen LogP contribution in [0.15, 0.2) is 24.3 Å². The van der Waals surface area contributed by atoms with Crippen molar-refractivity contribution in [3.63, 3.8) is 0 Å². The van der Waals surface area contributed by atoms with Crippen LogP contribution in [0.5, 0.6) is 5.75 Å². The highest BCUT2D eigenvalue weighted by atomic mass is 32.1.